The predicted molar refractivity (Wildman–Crippen MR) is 124 cm³/mol. The van der Waals surface area contributed by atoms with Gasteiger partial charge >= 0.3 is 11.9 Å². The van der Waals surface area contributed by atoms with Crippen LogP contribution in [0.5, 0.6) is 5.75 Å². The highest BCUT2D eigenvalue weighted by molar-refractivity contribution is 6.44. The lowest BCUT2D eigenvalue weighted by Crippen LogP contribution is -2.10. The van der Waals surface area contributed by atoms with E-state index in [0.29, 0.717) is 11.4 Å². The van der Waals surface area contributed by atoms with Crippen LogP contribution >= 0.6 is 34.8 Å². The van der Waals surface area contributed by atoms with Gasteiger partial charge in [-0.1, -0.05) is 92.4 Å². The zero-order chi connectivity index (χ0) is 22.2. The van der Waals surface area contributed by atoms with E-state index in [1.165, 1.54) is 57.1 Å². The Morgan fingerprint density at radius 2 is 1.53 bits per heavy atom. The van der Waals surface area contributed by atoms with E-state index in [2.05, 4.69) is 13.0 Å². The van der Waals surface area contributed by atoms with Crippen LogP contribution in [0.15, 0.2) is 24.3 Å². The molecule has 0 saturated heterocycles. The fourth-order valence-electron chi connectivity index (χ4n) is 2.78. The highest BCUT2D eigenvalue weighted by Gasteiger charge is 2.13. The van der Waals surface area contributed by atoms with Crippen molar-refractivity contribution in [3.63, 3.8) is 0 Å². The van der Waals surface area contributed by atoms with Gasteiger partial charge in [-0.2, -0.15) is 0 Å². The van der Waals surface area contributed by atoms with Crippen LogP contribution in [0.25, 0.3) is 0 Å². The molecule has 0 amide bonds. The molecule has 0 N–H and O–H groups in total. The molecule has 1 rings (SSSR count). The van der Waals surface area contributed by atoms with Crippen LogP contribution in [-0.4, -0.2) is 18.5 Å². The number of ether oxygens (including phenoxy) is 2. The van der Waals surface area contributed by atoms with Gasteiger partial charge in [0.25, 0.3) is 0 Å². The topological polar surface area (TPSA) is 52.6 Å². The highest BCUT2D eigenvalue weighted by Crippen LogP contribution is 2.35. The molecule has 168 valence electrons. The van der Waals surface area contributed by atoms with Crippen LogP contribution in [0.4, 0.5) is 0 Å². The van der Waals surface area contributed by atoms with Gasteiger partial charge in [-0.15, -0.1) is 0 Å². The maximum Gasteiger partial charge on any atom is 0.311 e. The molecule has 0 unspecified atom stereocenters. The van der Waals surface area contributed by atoms with Crippen LogP contribution in [-0.2, 0) is 14.3 Å². The van der Waals surface area contributed by atoms with Gasteiger partial charge in [-0.25, -0.2) is 0 Å². The SMILES string of the molecule is CCCCCCCCC/C=C/COC(=O)CCCC(=O)Oc1cc(Cl)cc(Cl)c1Cl. The molecule has 0 atom stereocenters. The van der Waals surface area contributed by atoms with Gasteiger partial charge in [0.05, 0.1) is 5.02 Å². The van der Waals surface area contributed by atoms with Crippen LogP contribution in [0.3, 0.4) is 0 Å². The number of benzene rings is 1. The van der Waals surface area contributed by atoms with Crippen LogP contribution < -0.4 is 4.74 Å². The van der Waals surface area contributed by atoms with Gasteiger partial charge in [0.1, 0.15) is 11.6 Å². The van der Waals surface area contributed by atoms with Crippen LogP contribution in [0, 0.1) is 0 Å². The molecule has 0 saturated carbocycles. The summed E-state index contributed by atoms with van der Waals surface area (Å²) in [4.78, 5) is 23.6. The second-order valence-corrected chi connectivity index (χ2v) is 8.31. The van der Waals surface area contributed by atoms with Crippen molar-refractivity contribution in [2.75, 3.05) is 6.61 Å². The molecule has 0 heterocycles. The zero-order valence-corrected chi connectivity index (χ0v) is 19.8. The smallest absolute Gasteiger partial charge is 0.311 e. The normalized spacial score (nSPS) is 11.1. The molecular formula is C23H31Cl3O4. The summed E-state index contributed by atoms with van der Waals surface area (Å²) in [5.41, 5.74) is 0. The molecule has 0 aliphatic carbocycles. The lowest BCUT2D eigenvalue weighted by Gasteiger charge is -2.08. The Kier molecular flexibility index (Phi) is 14.7. The molecule has 1 aromatic rings. The molecule has 0 bridgehead atoms. The van der Waals surface area contributed by atoms with Crippen molar-refractivity contribution in [1.29, 1.82) is 0 Å². The third-order valence-electron chi connectivity index (χ3n) is 4.43. The molecule has 0 aliphatic heterocycles. The summed E-state index contributed by atoms with van der Waals surface area (Å²) in [6.07, 6.45) is 14.4. The molecule has 30 heavy (non-hydrogen) atoms. The van der Waals surface area contributed by atoms with E-state index in [9.17, 15) is 9.59 Å². The van der Waals surface area contributed by atoms with E-state index in [0.717, 1.165) is 6.42 Å². The molecule has 1 aromatic carbocycles. The molecule has 0 radical (unpaired) electrons. The summed E-state index contributed by atoms with van der Waals surface area (Å²) >= 11 is 17.7. The first-order valence-electron chi connectivity index (χ1n) is 10.6. The summed E-state index contributed by atoms with van der Waals surface area (Å²) < 4.78 is 10.3. The average Bonchev–Trinajstić information content (AvgIpc) is 2.70. The Bertz CT molecular complexity index is 689. The van der Waals surface area contributed by atoms with Crippen molar-refractivity contribution in [2.45, 2.75) is 77.6 Å². The van der Waals surface area contributed by atoms with Gasteiger partial charge in [0.15, 0.2) is 5.75 Å². The van der Waals surface area contributed by atoms with Gasteiger partial charge in [-0.3, -0.25) is 9.59 Å². The second kappa shape index (κ2) is 16.5. The fourth-order valence-corrected chi connectivity index (χ4v) is 3.40. The first-order valence-corrected chi connectivity index (χ1v) is 11.7. The number of carbonyl (C=O) groups excluding carboxylic acids is 2. The minimum Gasteiger partial charge on any atom is -0.461 e. The molecule has 7 heteroatoms. The Morgan fingerprint density at radius 3 is 2.27 bits per heavy atom. The largest absolute Gasteiger partial charge is 0.461 e. The average molecular weight is 478 g/mol. The second-order valence-electron chi connectivity index (χ2n) is 7.09. The molecule has 4 nitrogen and oxygen atoms in total. The minimum absolute atomic E-state index is 0.0592. The highest BCUT2D eigenvalue weighted by atomic mass is 35.5. The number of allylic oxidation sites excluding steroid dienone is 1. The van der Waals surface area contributed by atoms with Crippen molar-refractivity contribution < 1.29 is 19.1 Å². The lowest BCUT2D eigenvalue weighted by molar-refractivity contribution is -0.142. The fraction of sp³-hybridized carbons (Fsp3) is 0.565. The Hall–Kier alpha value is -1.23. The summed E-state index contributed by atoms with van der Waals surface area (Å²) in [7, 11) is 0. The maximum absolute atomic E-state index is 11.9. The number of rotatable bonds is 15. The van der Waals surface area contributed by atoms with Gasteiger partial charge in [-0.05, 0) is 25.3 Å². The van der Waals surface area contributed by atoms with E-state index in [1.54, 1.807) is 0 Å². The Labute approximate surface area is 194 Å². The Balaban J connectivity index is 2.08. The number of halogens is 3. The first kappa shape index (κ1) is 26.8. The van der Waals surface area contributed by atoms with E-state index in [4.69, 9.17) is 44.3 Å². The van der Waals surface area contributed by atoms with Crippen molar-refractivity contribution in [3.8, 4) is 5.75 Å². The minimum atomic E-state index is -0.516. The third kappa shape index (κ3) is 12.5. The molecule has 0 fully saturated rings. The van der Waals surface area contributed by atoms with Gasteiger partial charge in [0.2, 0.25) is 0 Å². The monoisotopic (exact) mass is 476 g/mol. The molecule has 0 aromatic heterocycles. The molecular weight excluding hydrogens is 447 g/mol. The van der Waals surface area contributed by atoms with Crippen molar-refractivity contribution in [3.05, 3.63) is 39.4 Å². The van der Waals surface area contributed by atoms with E-state index in [1.807, 2.05) is 6.08 Å². The third-order valence-corrected chi connectivity index (χ3v) is 5.43. The van der Waals surface area contributed by atoms with Crippen molar-refractivity contribution in [2.24, 2.45) is 0 Å². The predicted octanol–water partition coefficient (Wildman–Crippen LogP) is 7.96. The van der Waals surface area contributed by atoms with Crippen LogP contribution in [0.1, 0.15) is 77.6 Å². The standard InChI is InChI=1S/C23H31Cl3O4/c1-2-3-4-5-6-7-8-9-10-11-15-29-21(27)13-12-14-22(28)30-20-17-18(24)16-19(25)23(20)26/h10-11,16-17H,2-9,12-15H2,1H3/b11-10+. The lowest BCUT2D eigenvalue weighted by atomic mass is 10.1. The summed E-state index contributed by atoms with van der Waals surface area (Å²) in [5, 5.41) is 0.642. The maximum atomic E-state index is 11.9. The Morgan fingerprint density at radius 1 is 0.867 bits per heavy atom. The first-order chi connectivity index (χ1) is 14.4. The van der Waals surface area contributed by atoms with Crippen molar-refractivity contribution in [1.82, 2.24) is 0 Å². The summed E-state index contributed by atoms with van der Waals surface area (Å²) in [6.45, 7) is 2.48. The summed E-state index contributed by atoms with van der Waals surface area (Å²) in [6, 6.07) is 2.88. The zero-order valence-electron chi connectivity index (χ0n) is 17.6. The van der Waals surface area contributed by atoms with Gasteiger partial charge < -0.3 is 9.47 Å². The molecule has 0 aliphatic rings. The van der Waals surface area contributed by atoms with E-state index in [-0.39, 0.29) is 41.2 Å². The molecule has 0 spiro atoms. The number of hydrogen-bond donors (Lipinski definition) is 0. The van der Waals surface area contributed by atoms with Crippen molar-refractivity contribution >= 4 is 46.7 Å². The quantitative estimate of drug-likeness (QED) is 0.0845. The van der Waals surface area contributed by atoms with E-state index < -0.39 is 5.97 Å². The van der Waals surface area contributed by atoms with Gasteiger partial charge in [0, 0.05) is 23.9 Å². The number of unbranched alkanes of at least 4 members (excludes halogenated alkanes) is 7. The summed E-state index contributed by atoms with van der Waals surface area (Å²) in [5.74, 6) is -0.752. The number of esters is 2. The number of carbonyl (C=O) groups is 2. The van der Waals surface area contributed by atoms with E-state index >= 15 is 0 Å². The number of hydrogen-bond acceptors (Lipinski definition) is 4. The van der Waals surface area contributed by atoms with Crippen LogP contribution in [0.2, 0.25) is 15.1 Å².